The third kappa shape index (κ3) is 2.46. The van der Waals surface area contributed by atoms with Crippen LogP contribution >= 0.6 is 0 Å². The second kappa shape index (κ2) is 4.42. The average Bonchev–Trinajstić information content (AvgIpc) is 2.06. The van der Waals surface area contributed by atoms with Crippen LogP contribution in [0.1, 0.15) is 6.92 Å². The predicted octanol–water partition coefficient (Wildman–Crippen LogP) is 0.0823. The number of hydrogen-bond donors (Lipinski definition) is 1. The van der Waals surface area contributed by atoms with Gasteiger partial charge in [-0.05, 0) is 14.0 Å². The monoisotopic (exact) mass is 171 g/mol. The molecule has 0 aromatic heterocycles. The highest BCUT2D eigenvalue weighted by Gasteiger charge is 2.17. The van der Waals surface area contributed by atoms with Crippen LogP contribution in [-0.2, 0) is 0 Å². The highest BCUT2D eigenvalue weighted by molar-refractivity contribution is 5.62. The molecule has 4 nitrogen and oxygen atoms in total. The summed E-state index contributed by atoms with van der Waals surface area (Å²) in [5.74, 6) is 0. The molecule has 0 aliphatic carbocycles. The van der Waals surface area contributed by atoms with Crippen molar-refractivity contribution in [2.45, 2.75) is 13.0 Å². The Hall–Kier alpha value is -0.610. The van der Waals surface area contributed by atoms with Crippen LogP contribution in [0, 0.1) is 0 Å². The van der Waals surface area contributed by atoms with Crippen LogP contribution < -0.4 is 0 Å². The fraction of sp³-hybridized carbons (Fsp3) is 0.875. The van der Waals surface area contributed by atoms with Gasteiger partial charge in [0.05, 0.1) is 6.21 Å². The quantitative estimate of drug-likeness (QED) is 0.363. The number of piperazine rings is 1. The molecular formula is C8H17N3O. The molecule has 0 bridgehead atoms. The van der Waals surface area contributed by atoms with Crippen molar-refractivity contribution in [3.8, 4) is 0 Å². The van der Waals surface area contributed by atoms with Gasteiger partial charge in [-0.3, -0.25) is 4.90 Å². The average molecular weight is 171 g/mol. The fourth-order valence-electron chi connectivity index (χ4n) is 1.42. The summed E-state index contributed by atoms with van der Waals surface area (Å²) in [6, 6.07) is 0.253. The number of likely N-dealkylation sites (N-methyl/N-ethyl adjacent to an activating group) is 1. The molecule has 1 aliphatic rings. The van der Waals surface area contributed by atoms with Crippen molar-refractivity contribution < 1.29 is 5.21 Å². The van der Waals surface area contributed by atoms with Gasteiger partial charge in [0.25, 0.3) is 0 Å². The maximum absolute atomic E-state index is 8.35. The second-order valence-corrected chi connectivity index (χ2v) is 3.34. The Balaban J connectivity index is 2.33. The molecule has 0 amide bonds. The van der Waals surface area contributed by atoms with Gasteiger partial charge in [-0.15, -0.1) is 5.16 Å². The Bertz CT molecular complexity index is 152. The molecule has 1 heterocycles. The van der Waals surface area contributed by atoms with Gasteiger partial charge in [-0.1, -0.05) is 0 Å². The summed E-state index contributed by atoms with van der Waals surface area (Å²) >= 11 is 0. The molecule has 0 spiro atoms. The minimum atomic E-state index is 0.253. The molecule has 1 N–H and O–H groups in total. The summed E-state index contributed by atoms with van der Waals surface area (Å²) in [6.07, 6.45) is 1.57. The molecular weight excluding hydrogens is 154 g/mol. The molecule has 12 heavy (non-hydrogen) atoms. The number of hydrogen-bond acceptors (Lipinski definition) is 4. The van der Waals surface area contributed by atoms with Crippen LogP contribution in [-0.4, -0.2) is 60.5 Å². The zero-order valence-corrected chi connectivity index (χ0v) is 7.77. The Kier molecular flexibility index (Phi) is 3.49. The highest BCUT2D eigenvalue weighted by atomic mass is 16.4. The molecule has 0 aromatic rings. The van der Waals surface area contributed by atoms with Crippen molar-refractivity contribution in [3.63, 3.8) is 0 Å². The van der Waals surface area contributed by atoms with Gasteiger partial charge in [0, 0.05) is 32.2 Å². The van der Waals surface area contributed by atoms with Crippen LogP contribution in [0.2, 0.25) is 0 Å². The molecule has 0 aromatic carbocycles. The van der Waals surface area contributed by atoms with E-state index in [9.17, 15) is 0 Å². The maximum atomic E-state index is 8.35. The summed E-state index contributed by atoms with van der Waals surface area (Å²) in [6.45, 7) is 6.37. The van der Waals surface area contributed by atoms with Gasteiger partial charge in [-0.25, -0.2) is 0 Å². The lowest BCUT2D eigenvalue weighted by Gasteiger charge is -2.34. The number of oxime groups is 1. The number of nitrogens with zero attached hydrogens (tertiary/aromatic N) is 3. The van der Waals surface area contributed by atoms with E-state index in [-0.39, 0.29) is 6.04 Å². The Morgan fingerprint density at radius 3 is 2.42 bits per heavy atom. The topological polar surface area (TPSA) is 39.1 Å². The van der Waals surface area contributed by atoms with Gasteiger partial charge in [-0.2, -0.15) is 0 Å². The van der Waals surface area contributed by atoms with E-state index in [4.69, 9.17) is 5.21 Å². The van der Waals surface area contributed by atoms with E-state index >= 15 is 0 Å². The van der Waals surface area contributed by atoms with Gasteiger partial charge in [0.2, 0.25) is 0 Å². The van der Waals surface area contributed by atoms with Crippen LogP contribution in [0.25, 0.3) is 0 Å². The predicted molar refractivity (Wildman–Crippen MR) is 48.8 cm³/mol. The third-order valence-corrected chi connectivity index (χ3v) is 2.40. The van der Waals surface area contributed by atoms with Crippen LogP contribution in [0.4, 0.5) is 0 Å². The minimum Gasteiger partial charge on any atom is -0.411 e. The molecule has 0 saturated carbocycles. The van der Waals surface area contributed by atoms with E-state index in [0.717, 1.165) is 26.2 Å². The van der Waals surface area contributed by atoms with E-state index in [0.29, 0.717) is 0 Å². The Morgan fingerprint density at radius 1 is 1.33 bits per heavy atom. The van der Waals surface area contributed by atoms with E-state index in [1.54, 1.807) is 6.21 Å². The number of rotatable bonds is 2. The summed E-state index contributed by atoms with van der Waals surface area (Å²) < 4.78 is 0. The lowest BCUT2D eigenvalue weighted by molar-refractivity contribution is 0.142. The molecule has 1 saturated heterocycles. The first-order chi connectivity index (χ1) is 5.74. The van der Waals surface area contributed by atoms with Gasteiger partial charge < -0.3 is 10.1 Å². The fourth-order valence-corrected chi connectivity index (χ4v) is 1.42. The third-order valence-electron chi connectivity index (χ3n) is 2.40. The first-order valence-corrected chi connectivity index (χ1v) is 4.34. The van der Waals surface area contributed by atoms with Crippen molar-refractivity contribution in [1.82, 2.24) is 9.80 Å². The molecule has 4 heteroatoms. The van der Waals surface area contributed by atoms with E-state index < -0.39 is 0 Å². The normalized spacial score (nSPS) is 24.8. The van der Waals surface area contributed by atoms with Gasteiger partial charge >= 0.3 is 0 Å². The van der Waals surface area contributed by atoms with E-state index in [2.05, 4.69) is 22.0 Å². The second-order valence-electron chi connectivity index (χ2n) is 3.34. The van der Waals surface area contributed by atoms with Gasteiger partial charge in [0.1, 0.15) is 0 Å². The summed E-state index contributed by atoms with van der Waals surface area (Å²) in [4.78, 5) is 4.61. The van der Waals surface area contributed by atoms with Crippen molar-refractivity contribution in [2.75, 3.05) is 33.2 Å². The Morgan fingerprint density at radius 2 is 1.92 bits per heavy atom. The van der Waals surface area contributed by atoms with E-state index in [1.165, 1.54) is 0 Å². The van der Waals surface area contributed by atoms with Gasteiger partial charge in [0.15, 0.2) is 0 Å². The summed E-state index contributed by atoms with van der Waals surface area (Å²) in [5, 5.41) is 11.4. The highest BCUT2D eigenvalue weighted by Crippen LogP contribution is 2.02. The first kappa shape index (κ1) is 9.48. The molecule has 0 radical (unpaired) electrons. The molecule has 1 fully saturated rings. The summed E-state index contributed by atoms with van der Waals surface area (Å²) in [7, 11) is 2.13. The van der Waals surface area contributed by atoms with Crippen LogP contribution in [0.5, 0.6) is 0 Å². The Labute approximate surface area is 73.5 Å². The summed E-state index contributed by atoms with van der Waals surface area (Å²) in [5.41, 5.74) is 0. The van der Waals surface area contributed by atoms with Crippen LogP contribution in [0.15, 0.2) is 5.16 Å². The van der Waals surface area contributed by atoms with Crippen molar-refractivity contribution in [3.05, 3.63) is 0 Å². The first-order valence-electron chi connectivity index (χ1n) is 4.34. The zero-order valence-electron chi connectivity index (χ0n) is 7.77. The molecule has 1 atom stereocenters. The maximum Gasteiger partial charge on any atom is 0.0605 e. The van der Waals surface area contributed by atoms with E-state index in [1.807, 2.05) is 6.92 Å². The molecule has 1 rings (SSSR count). The smallest absolute Gasteiger partial charge is 0.0605 e. The standard InChI is InChI=1S/C8H17N3O/c1-8(7-9-12)11-5-3-10(2)4-6-11/h7-8,12H,3-6H2,1-2H3/b9-7+. The zero-order chi connectivity index (χ0) is 8.97. The lowest BCUT2D eigenvalue weighted by Crippen LogP contribution is -2.48. The molecule has 1 aliphatic heterocycles. The van der Waals surface area contributed by atoms with Crippen molar-refractivity contribution in [1.29, 1.82) is 0 Å². The minimum absolute atomic E-state index is 0.253. The SMILES string of the molecule is CC(/C=N/O)N1CCN(C)CC1. The molecule has 1 unspecified atom stereocenters. The van der Waals surface area contributed by atoms with Crippen molar-refractivity contribution in [2.24, 2.45) is 5.16 Å². The largest absolute Gasteiger partial charge is 0.411 e. The molecule has 70 valence electrons. The lowest BCUT2D eigenvalue weighted by atomic mass is 10.2. The van der Waals surface area contributed by atoms with Crippen molar-refractivity contribution >= 4 is 6.21 Å². The van der Waals surface area contributed by atoms with Crippen LogP contribution in [0.3, 0.4) is 0 Å².